The molecule has 0 fully saturated rings. The number of benzene rings is 1. The predicted octanol–water partition coefficient (Wildman–Crippen LogP) is 2.06. The van der Waals surface area contributed by atoms with Crippen LogP contribution in [-0.2, 0) is 14.2 Å². The third kappa shape index (κ3) is 7.05. The Kier molecular flexibility index (Phi) is 8.04. The van der Waals surface area contributed by atoms with Gasteiger partial charge in [0.25, 0.3) is 0 Å². The zero-order chi connectivity index (χ0) is 13.9. The Balaban J connectivity index is 2.01. The van der Waals surface area contributed by atoms with Crippen molar-refractivity contribution < 1.29 is 23.0 Å². The molecular formula is C13H19F2NO3. The maximum absolute atomic E-state index is 13.2. The molecule has 0 spiro atoms. The highest BCUT2D eigenvalue weighted by atomic mass is 19.1. The number of rotatable bonds is 10. The molecule has 108 valence electrons. The molecule has 0 saturated heterocycles. The molecule has 0 bridgehead atoms. The maximum Gasteiger partial charge on any atom is 0.149 e. The Labute approximate surface area is 111 Å². The summed E-state index contributed by atoms with van der Waals surface area (Å²) in [6.07, 6.45) is 0. The van der Waals surface area contributed by atoms with E-state index in [1.54, 1.807) is 7.11 Å². The fourth-order valence-corrected chi connectivity index (χ4v) is 1.35. The van der Waals surface area contributed by atoms with E-state index in [1.165, 1.54) is 12.1 Å². The topological polar surface area (TPSA) is 39.7 Å². The highest BCUT2D eigenvalue weighted by Crippen LogP contribution is 2.14. The van der Waals surface area contributed by atoms with Gasteiger partial charge in [0.2, 0.25) is 0 Å². The highest BCUT2D eigenvalue weighted by molar-refractivity contribution is 5.44. The van der Waals surface area contributed by atoms with Crippen molar-refractivity contribution in [1.29, 1.82) is 0 Å². The summed E-state index contributed by atoms with van der Waals surface area (Å²) in [6, 6.07) is 3.40. The van der Waals surface area contributed by atoms with Crippen LogP contribution in [-0.4, -0.2) is 46.7 Å². The van der Waals surface area contributed by atoms with Crippen LogP contribution in [0.4, 0.5) is 14.5 Å². The Hall–Kier alpha value is -1.24. The van der Waals surface area contributed by atoms with Gasteiger partial charge in [0.15, 0.2) is 0 Å². The first-order valence-electron chi connectivity index (χ1n) is 6.07. The molecule has 0 amide bonds. The van der Waals surface area contributed by atoms with Crippen LogP contribution in [0.3, 0.4) is 0 Å². The number of methoxy groups -OCH3 is 1. The van der Waals surface area contributed by atoms with Gasteiger partial charge in [-0.25, -0.2) is 8.78 Å². The van der Waals surface area contributed by atoms with Gasteiger partial charge in [-0.1, -0.05) is 0 Å². The molecule has 0 aliphatic carbocycles. The van der Waals surface area contributed by atoms with E-state index in [-0.39, 0.29) is 5.69 Å². The molecule has 4 nitrogen and oxygen atoms in total. The molecule has 0 aromatic heterocycles. The second-order valence-electron chi connectivity index (χ2n) is 3.77. The molecule has 19 heavy (non-hydrogen) atoms. The van der Waals surface area contributed by atoms with Gasteiger partial charge < -0.3 is 19.5 Å². The lowest BCUT2D eigenvalue weighted by molar-refractivity contribution is 0.0272. The average Bonchev–Trinajstić information content (AvgIpc) is 2.39. The molecular weight excluding hydrogens is 256 g/mol. The lowest BCUT2D eigenvalue weighted by Gasteiger charge is -2.08. The predicted molar refractivity (Wildman–Crippen MR) is 68.4 cm³/mol. The zero-order valence-electron chi connectivity index (χ0n) is 11.0. The second-order valence-corrected chi connectivity index (χ2v) is 3.77. The van der Waals surface area contributed by atoms with Gasteiger partial charge in [-0.15, -0.1) is 0 Å². The molecule has 1 N–H and O–H groups in total. The SMILES string of the molecule is COCCOCCOCCNc1ccc(F)cc1F. The van der Waals surface area contributed by atoms with E-state index in [4.69, 9.17) is 14.2 Å². The summed E-state index contributed by atoms with van der Waals surface area (Å²) in [7, 11) is 1.61. The minimum atomic E-state index is -0.608. The van der Waals surface area contributed by atoms with E-state index in [2.05, 4.69) is 5.32 Å². The van der Waals surface area contributed by atoms with Crippen molar-refractivity contribution in [1.82, 2.24) is 0 Å². The lowest BCUT2D eigenvalue weighted by atomic mass is 10.3. The van der Waals surface area contributed by atoms with E-state index in [9.17, 15) is 8.78 Å². The van der Waals surface area contributed by atoms with E-state index < -0.39 is 11.6 Å². The maximum atomic E-state index is 13.2. The van der Waals surface area contributed by atoms with Crippen LogP contribution in [0.2, 0.25) is 0 Å². The van der Waals surface area contributed by atoms with Gasteiger partial charge >= 0.3 is 0 Å². The molecule has 0 unspecified atom stereocenters. The first kappa shape index (κ1) is 15.8. The lowest BCUT2D eigenvalue weighted by Crippen LogP contribution is -2.14. The van der Waals surface area contributed by atoms with Crippen LogP contribution >= 0.6 is 0 Å². The third-order valence-electron chi connectivity index (χ3n) is 2.30. The van der Waals surface area contributed by atoms with Crippen LogP contribution in [0.25, 0.3) is 0 Å². The summed E-state index contributed by atoms with van der Waals surface area (Å²) in [5.41, 5.74) is 0.265. The van der Waals surface area contributed by atoms with Crippen molar-refractivity contribution in [3.63, 3.8) is 0 Å². The summed E-state index contributed by atoms with van der Waals surface area (Å²) >= 11 is 0. The minimum Gasteiger partial charge on any atom is -0.382 e. The Bertz CT molecular complexity index is 364. The number of ether oxygens (including phenoxy) is 3. The summed E-state index contributed by atoms with van der Waals surface area (Å²) in [5, 5.41) is 2.82. The van der Waals surface area contributed by atoms with E-state index >= 15 is 0 Å². The molecule has 0 atom stereocenters. The van der Waals surface area contributed by atoms with E-state index in [1.807, 2.05) is 0 Å². The Morgan fingerprint density at radius 1 is 1.00 bits per heavy atom. The smallest absolute Gasteiger partial charge is 0.149 e. The molecule has 0 aliphatic rings. The van der Waals surface area contributed by atoms with E-state index in [0.717, 1.165) is 6.07 Å². The number of halogens is 2. The molecule has 6 heteroatoms. The first-order chi connectivity index (χ1) is 9.24. The number of nitrogens with one attached hydrogen (secondary N) is 1. The number of hydrogen-bond donors (Lipinski definition) is 1. The molecule has 1 aromatic carbocycles. The van der Waals surface area contributed by atoms with Crippen LogP contribution in [0.5, 0.6) is 0 Å². The van der Waals surface area contributed by atoms with Crippen molar-refractivity contribution in [2.24, 2.45) is 0 Å². The molecule has 0 saturated carbocycles. The minimum absolute atomic E-state index is 0.265. The van der Waals surface area contributed by atoms with Gasteiger partial charge in [0, 0.05) is 19.7 Å². The molecule has 0 heterocycles. The van der Waals surface area contributed by atoms with Crippen molar-refractivity contribution >= 4 is 5.69 Å². The summed E-state index contributed by atoms with van der Waals surface area (Å²) in [4.78, 5) is 0. The molecule has 1 rings (SSSR count). The molecule has 0 aliphatic heterocycles. The first-order valence-corrected chi connectivity index (χ1v) is 6.07. The van der Waals surface area contributed by atoms with Gasteiger partial charge in [-0.2, -0.15) is 0 Å². The third-order valence-corrected chi connectivity index (χ3v) is 2.30. The fourth-order valence-electron chi connectivity index (χ4n) is 1.35. The quantitative estimate of drug-likeness (QED) is 0.663. The Morgan fingerprint density at radius 2 is 1.68 bits per heavy atom. The van der Waals surface area contributed by atoms with Crippen LogP contribution in [0, 0.1) is 11.6 Å². The average molecular weight is 275 g/mol. The second kappa shape index (κ2) is 9.66. The Morgan fingerprint density at radius 3 is 2.37 bits per heavy atom. The monoisotopic (exact) mass is 275 g/mol. The van der Waals surface area contributed by atoms with E-state index in [0.29, 0.717) is 39.6 Å². The van der Waals surface area contributed by atoms with Gasteiger partial charge in [-0.3, -0.25) is 0 Å². The van der Waals surface area contributed by atoms with Crippen molar-refractivity contribution in [3.8, 4) is 0 Å². The van der Waals surface area contributed by atoms with Gasteiger partial charge in [0.1, 0.15) is 11.6 Å². The zero-order valence-corrected chi connectivity index (χ0v) is 11.0. The van der Waals surface area contributed by atoms with Gasteiger partial charge in [-0.05, 0) is 12.1 Å². The highest BCUT2D eigenvalue weighted by Gasteiger charge is 2.02. The summed E-state index contributed by atoms with van der Waals surface area (Å²) in [5.74, 6) is -1.20. The number of hydrogen-bond acceptors (Lipinski definition) is 4. The van der Waals surface area contributed by atoms with Crippen LogP contribution < -0.4 is 5.32 Å². The summed E-state index contributed by atoms with van der Waals surface area (Å²) in [6.45, 7) is 2.93. The molecule has 1 aromatic rings. The van der Waals surface area contributed by atoms with Gasteiger partial charge in [0.05, 0.1) is 38.7 Å². The summed E-state index contributed by atoms with van der Waals surface area (Å²) < 4.78 is 41.2. The fraction of sp³-hybridized carbons (Fsp3) is 0.538. The number of anilines is 1. The normalized spacial score (nSPS) is 10.7. The largest absolute Gasteiger partial charge is 0.382 e. The van der Waals surface area contributed by atoms with Crippen LogP contribution in [0.1, 0.15) is 0 Å². The van der Waals surface area contributed by atoms with Crippen molar-refractivity contribution in [2.75, 3.05) is 52.0 Å². The molecule has 0 radical (unpaired) electrons. The standard InChI is InChI=1S/C13H19F2NO3/c1-17-6-7-19-9-8-18-5-4-16-13-3-2-11(14)10-12(13)15/h2-3,10,16H,4-9H2,1H3. The van der Waals surface area contributed by atoms with Crippen molar-refractivity contribution in [2.45, 2.75) is 0 Å². The van der Waals surface area contributed by atoms with Crippen molar-refractivity contribution in [3.05, 3.63) is 29.8 Å². The van der Waals surface area contributed by atoms with Crippen LogP contribution in [0.15, 0.2) is 18.2 Å².